The van der Waals surface area contributed by atoms with Crippen LogP contribution in [0.4, 0.5) is 14.9 Å². The molecule has 5 nitrogen and oxygen atoms in total. The number of amides is 2. The van der Waals surface area contributed by atoms with E-state index in [1.165, 1.54) is 12.1 Å². The molecule has 2 aliphatic heterocycles. The molecule has 2 aromatic carbocycles. The van der Waals surface area contributed by atoms with Crippen molar-refractivity contribution in [2.45, 2.75) is 57.3 Å². The smallest absolute Gasteiger partial charge is 0.319 e. The average Bonchev–Trinajstić information content (AvgIpc) is 2.93. The lowest BCUT2D eigenvalue weighted by Crippen LogP contribution is -2.50. The molecule has 2 amide bonds. The molecular formula is C23H28FN3O2. The number of carbonyl (C=O) groups is 1. The highest BCUT2D eigenvalue weighted by Crippen LogP contribution is 2.36. The van der Waals surface area contributed by atoms with Gasteiger partial charge < -0.3 is 15.4 Å². The number of ether oxygens (including phenoxy) is 1. The van der Waals surface area contributed by atoms with Crippen molar-refractivity contribution in [3.63, 3.8) is 0 Å². The number of nitrogens with zero attached hydrogens (tertiary/aromatic N) is 1. The molecule has 2 N–H and O–H groups in total. The van der Waals surface area contributed by atoms with Crippen LogP contribution in [0.3, 0.4) is 0 Å². The molecule has 2 unspecified atom stereocenters. The van der Waals surface area contributed by atoms with Crippen LogP contribution in [0, 0.1) is 5.82 Å². The molecule has 2 atom stereocenters. The summed E-state index contributed by atoms with van der Waals surface area (Å²) in [5.74, 6) is 0.599. The third kappa shape index (κ3) is 4.88. The van der Waals surface area contributed by atoms with Crippen molar-refractivity contribution < 1.29 is 13.9 Å². The molecule has 154 valence electrons. The Bertz CT molecular complexity index is 811. The maximum Gasteiger partial charge on any atom is 0.319 e. The van der Waals surface area contributed by atoms with Crippen LogP contribution in [0.15, 0.2) is 48.5 Å². The zero-order valence-electron chi connectivity index (χ0n) is 16.7. The fourth-order valence-corrected chi connectivity index (χ4v) is 4.60. The number of anilines is 1. The number of rotatable bonds is 6. The van der Waals surface area contributed by atoms with E-state index in [2.05, 4.69) is 15.5 Å². The summed E-state index contributed by atoms with van der Waals surface area (Å²) in [5, 5.41) is 6.05. The maximum atomic E-state index is 13.1. The Labute approximate surface area is 171 Å². The van der Waals surface area contributed by atoms with Gasteiger partial charge in [-0.15, -0.1) is 0 Å². The number of hydrogen-bond donors (Lipinski definition) is 2. The van der Waals surface area contributed by atoms with Gasteiger partial charge in [-0.3, -0.25) is 4.90 Å². The van der Waals surface area contributed by atoms with Gasteiger partial charge >= 0.3 is 6.03 Å². The summed E-state index contributed by atoms with van der Waals surface area (Å²) in [7, 11) is 0. The van der Waals surface area contributed by atoms with E-state index in [0.717, 1.165) is 49.2 Å². The number of halogens is 1. The molecule has 2 saturated heterocycles. The standard InChI is InChI=1S/C23H28FN3O2/c1-2-29-22-11-7-18(8-12-22)25-23(28)26-19-13-20-9-10-21(14-19)27(20)15-16-3-5-17(24)6-4-16/h3-8,11-12,19-21H,2,9-10,13-15H2,1H3,(H2,25,26,28). The minimum Gasteiger partial charge on any atom is -0.494 e. The van der Waals surface area contributed by atoms with Gasteiger partial charge in [-0.1, -0.05) is 12.1 Å². The van der Waals surface area contributed by atoms with Crippen LogP contribution in [-0.2, 0) is 6.54 Å². The second-order valence-electron chi connectivity index (χ2n) is 7.91. The molecule has 0 radical (unpaired) electrons. The van der Waals surface area contributed by atoms with E-state index in [1.807, 2.05) is 43.3 Å². The first-order valence-corrected chi connectivity index (χ1v) is 10.4. The van der Waals surface area contributed by atoms with Crippen LogP contribution in [0.25, 0.3) is 0 Å². The van der Waals surface area contributed by atoms with Gasteiger partial charge in [0.05, 0.1) is 6.61 Å². The fraction of sp³-hybridized carbons (Fsp3) is 0.435. The van der Waals surface area contributed by atoms with Crippen LogP contribution in [0.5, 0.6) is 5.75 Å². The number of fused-ring (bicyclic) bond motifs is 2. The number of piperidine rings is 1. The van der Waals surface area contributed by atoms with Crippen LogP contribution in [0.1, 0.15) is 38.2 Å². The predicted molar refractivity (Wildman–Crippen MR) is 112 cm³/mol. The zero-order chi connectivity index (χ0) is 20.2. The summed E-state index contributed by atoms with van der Waals surface area (Å²) in [4.78, 5) is 15.0. The van der Waals surface area contributed by atoms with E-state index in [-0.39, 0.29) is 17.9 Å². The van der Waals surface area contributed by atoms with Gasteiger partial charge in [0.15, 0.2) is 0 Å². The Balaban J connectivity index is 1.29. The molecule has 0 saturated carbocycles. The van der Waals surface area contributed by atoms with Gasteiger partial charge in [-0.25, -0.2) is 9.18 Å². The molecule has 4 rings (SSSR count). The lowest BCUT2D eigenvalue weighted by molar-refractivity contribution is 0.112. The molecule has 2 aliphatic rings. The number of urea groups is 1. The normalized spacial score (nSPS) is 23.6. The lowest BCUT2D eigenvalue weighted by atomic mass is 9.96. The van der Waals surface area contributed by atoms with E-state index in [0.29, 0.717) is 18.7 Å². The monoisotopic (exact) mass is 397 g/mol. The first kappa shape index (κ1) is 19.7. The minimum atomic E-state index is -0.196. The first-order valence-electron chi connectivity index (χ1n) is 10.4. The third-order valence-electron chi connectivity index (χ3n) is 5.92. The van der Waals surface area contributed by atoms with Gasteiger partial charge in [0.25, 0.3) is 0 Å². The Morgan fingerprint density at radius 3 is 2.34 bits per heavy atom. The number of carbonyl (C=O) groups excluding carboxylic acids is 1. The summed E-state index contributed by atoms with van der Waals surface area (Å²) in [6, 6.07) is 15.1. The Morgan fingerprint density at radius 2 is 1.72 bits per heavy atom. The summed E-state index contributed by atoms with van der Waals surface area (Å²) in [6.45, 7) is 3.41. The summed E-state index contributed by atoms with van der Waals surface area (Å²) in [5.41, 5.74) is 1.89. The molecule has 0 aliphatic carbocycles. The van der Waals surface area contributed by atoms with E-state index < -0.39 is 0 Å². The van der Waals surface area contributed by atoms with Crippen LogP contribution < -0.4 is 15.4 Å². The average molecular weight is 397 g/mol. The number of nitrogens with one attached hydrogen (secondary N) is 2. The van der Waals surface area contributed by atoms with E-state index >= 15 is 0 Å². The molecule has 29 heavy (non-hydrogen) atoms. The molecule has 6 heteroatoms. The van der Waals surface area contributed by atoms with Crippen molar-refractivity contribution in [2.24, 2.45) is 0 Å². The first-order chi connectivity index (χ1) is 14.1. The molecular weight excluding hydrogens is 369 g/mol. The molecule has 0 aromatic heterocycles. The summed E-state index contributed by atoms with van der Waals surface area (Å²) < 4.78 is 18.6. The number of benzene rings is 2. The van der Waals surface area contributed by atoms with Gasteiger partial charge in [0.2, 0.25) is 0 Å². The zero-order valence-corrected chi connectivity index (χ0v) is 16.7. The van der Waals surface area contributed by atoms with E-state index in [4.69, 9.17) is 4.74 Å². The highest BCUT2D eigenvalue weighted by Gasteiger charge is 2.40. The Kier molecular flexibility index (Phi) is 6.00. The third-order valence-corrected chi connectivity index (χ3v) is 5.92. The van der Waals surface area contributed by atoms with Crippen molar-refractivity contribution in [2.75, 3.05) is 11.9 Å². The van der Waals surface area contributed by atoms with Crippen molar-refractivity contribution in [1.29, 1.82) is 0 Å². The second kappa shape index (κ2) is 8.82. The van der Waals surface area contributed by atoms with Gasteiger partial charge in [0.1, 0.15) is 11.6 Å². The summed E-state index contributed by atoms with van der Waals surface area (Å²) >= 11 is 0. The molecule has 2 fully saturated rings. The minimum absolute atomic E-state index is 0.162. The molecule has 2 aromatic rings. The Morgan fingerprint density at radius 1 is 1.07 bits per heavy atom. The molecule has 2 bridgehead atoms. The highest BCUT2D eigenvalue weighted by atomic mass is 19.1. The maximum absolute atomic E-state index is 13.1. The Hall–Kier alpha value is -2.60. The predicted octanol–water partition coefficient (Wildman–Crippen LogP) is 4.54. The SMILES string of the molecule is CCOc1ccc(NC(=O)NC2CC3CCC(C2)N3Cc2ccc(F)cc2)cc1. The highest BCUT2D eigenvalue weighted by molar-refractivity contribution is 5.89. The fourth-order valence-electron chi connectivity index (χ4n) is 4.60. The van der Waals surface area contributed by atoms with Gasteiger partial charge in [0, 0.05) is 30.4 Å². The lowest BCUT2D eigenvalue weighted by Gasteiger charge is -2.39. The van der Waals surface area contributed by atoms with E-state index in [9.17, 15) is 9.18 Å². The van der Waals surface area contributed by atoms with Crippen molar-refractivity contribution >= 4 is 11.7 Å². The topological polar surface area (TPSA) is 53.6 Å². The largest absolute Gasteiger partial charge is 0.494 e. The quantitative estimate of drug-likeness (QED) is 0.752. The second-order valence-corrected chi connectivity index (χ2v) is 7.91. The van der Waals surface area contributed by atoms with Crippen LogP contribution in [0.2, 0.25) is 0 Å². The van der Waals surface area contributed by atoms with Crippen molar-refractivity contribution in [3.05, 3.63) is 59.9 Å². The molecule has 2 heterocycles. The van der Waals surface area contributed by atoms with Gasteiger partial charge in [-0.05, 0) is 74.6 Å². The number of hydrogen-bond acceptors (Lipinski definition) is 3. The van der Waals surface area contributed by atoms with Crippen LogP contribution >= 0.6 is 0 Å². The van der Waals surface area contributed by atoms with Crippen molar-refractivity contribution in [1.82, 2.24) is 10.2 Å². The van der Waals surface area contributed by atoms with E-state index in [1.54, 1.807) is 0 Å². The van der Waals surface area contributed by atoms with Crippen LogP contribution in [-0.4, -0.2) is 35.7 Å². The van der Waals surface area contributed by atoms with Crippen molar-refractivity contribution in [3.8, 4) is 5.75 Å². The summed E-state index contributed by atoms with van der Waals surface area (Å²) in [6.07, 6.45) is 4.22. The van der Waals surface area contributed by atoms with Gasteiger partial charge in [-0.2, -0.15) is 0 Å². The molecule has 0 spiro atoms.